The van der Waals surface area contributed by atoms with Gasteiger partial charge in [0.15, 0.2) is 0 Å². The first-order valence-corrected chi connectivity index (χ1v) is 5.69. The van der Waals surface area contributed by atoms with E-state index in [9.17, 15) is 0 Å². The molecule has 2 nitrogen and oxygen atoms in total. The molecule has 0 amide bonds. The summed E-state index contributed by atoms with van der Waals surface area (Å²) in [4.78, 5) is 0. The molecule has 0 heterocycles. The van der Waals surface area contributed by atoms with Crippen molar-refractivity contribution < 1.29 is 4.74 Å². The van der Waals surface area contributed by atoms with Crippen LogP contribution in [0.5, 0.6) is 5.75 Å². The van der Waals surface area contributed by atoms with Gasteiger partial charge in [0.1, 0.15) is 12.4 Å². The van der Waals surface area contributed by atoms with Crippen LogP contribution in [0, 0.1) is 13.8 Å². The Morgan fingerprint density at radius 1 is 1.00 bits per heavy atom. The molecule has 2 N–H and O–H groups in total. The molecule has 88 valence electrons. The minimum Gasteiger partial charge on any atom is -0.489 e. The van der Waals surface area contributed by atoms with E-state index in [0.717, 1.165) is 17.0 Å². The predicted molar refractivity (Wildman–Crippen MR) is 71.1 cm³/mol. The molecule has 2 rings (SSSR count). The van der Waals surface area contributed by atoms with Crippen LogP contribution in [0.3, 0.4) is 0 Å². The fourth-order valence-corrected chi connectivity index (χ4v) is 1.68. The first kappa shape index (κ1) is 11.5. The third-order valence-electron chi connectivity index (χ3n) is 2.71. The van der Waals surface area contributed by atoms with Gasteiger partial charge in [-0.15, -0.1) is 0 Å². The van der Waals surface area contributed by atoms with Gasteiger partial charge in [0, 0.05) is 5.69 Å². The van der Waals surface area contributed by atoms with Gasteiger partial charge in [0.25, 0.3) is 0 Å². The monoisotopic (exact) mass is 227 g/mol. The fourth-order valence-electron chi connectivity index (χ4n) is 1.68. The van der Waals surface area contributed by atoms with Crippen LogP contribution in [-0.4, -0.2) is 0 Å². The summed E-state index contributed by atoms with van der Waals surface area (Å²) in [7, 11) is 0. The van der Waals surface area contributed by atoms with E-state index in [0.29, 0.717) is 6.61 Å². The second kappa shape index (κ2) is 4.91. The van der Waals surface area contributed by atoms with Crippen molar-refractivity contribution in [2.45, 2.75) is 20.5 Å². The minimum absolute atomic E-state index is 0.588. The zero-order chi connectivity index (χ0) is 12.3. The topological polar surface area (TPSA) is 35.2 Å². The second-order valence-corrected chi connectivity index (χ2v) is 4.30. The third-order valence-corrected chi connectivity index (χ3v) is 2.71. The number of nitrogen functional groups attached to an aromatic ring is 1. The van der Waals surface area contributed by atoms with E-state index >= 15 is 0 Å². The number of hydrogen-bond donors (Lipinski definition) is 1. The summed E-state index contributed by atoms with van der Waals surface area (Å²) >= 11 is 0. The third kappa shape index (κ3) is 3.00. The molecule has 0 saturated carbocycles. The first-order valence-electron chi connectivity index (χ1n) is 5.69. The fraction of sp³-hybridized carbons (Fsp3) is 0.200. The van der Waals surface area contributed by atoms with E-state index in [2.05, 4.69) is 31.2 Å². The van der Waals surface area contributed by atoms with Gasteiger partial charge in [-0.1, -0.05) is 29.8 Å². The summed E-state index contributed by atoms with van der Waals surface area (Å²) in [5.74, 6) is 0.889. The highest BCUT2D eigenvalue weighted by atomic mass is 16.5. The predicted octanol–water partition coefficient (Wildman–Crippen LogP) is 3.46. The number of benzene rings is 2. The Balaban J connectivity index is 2.04. The summed E-state index contributed by atoms with van der Waals surface area (Å²) in [6.07, 6.45) is 0. The number of ether oxygens (including phenoxy) is 1. The van der Waals surface area contributed by atoms with E-state index in [1.807, 2.05) is 25.1 Å². The van der Waals surface area contributed by atoms with Crippen LogP contribution >= 0.6 is 0 Å². The van der Waals surface area contributed by atoms with Crippen molar-refractivity contribution in [2.75, 3.05) is 5.73 Å². The molecule has 0 aliphatic carbocycles. The average molecular weight is 227 g/mol. The van der Waals surface area contributed by atoms with Crippen molar-refractivity contribution in [1.82, 2.24) is 0 Å². The van der Waals surface area contributed by atoms with Crippen molar-refractivity contribution in [1.29, 1.82) is 0 Å². The van der Waals surface area contributed by atoms with Crippen LogP contribution in [-0.2, 0) is 6.61 Å². The molecule has 0 aromatic heterocycles. The maximum Gasteiger partial charge on any atom is 0.122 e. The second-order valence-electron chi connectivity index (χ2n) is 4.30. The zero-order valence-corrected chi connectivity index (χ0v) is 10.2. The van der Waals surface area contributed by atoms with Crippen LogP contribution < -0.4 is 10.5 Å². The van der Waals surface area contributed by atoms with Gasteiger partial charge < -0.3 is 10.5 Å². The Hall–Kier alpha value is -1.96. The molecule has 2 aromatic rings. The van der Waals surface area contributed by atoms with E-state index in [4.69, 9.17) is 10.5 Å². The molecule has 2 aromatic carbocycles. The average Bonchev–Trinajstić information content (AvgIpc) is 2.30. The smallest absolute Gasteiger partial charge is 0.122 e. The molecule has 0 atom stereocenters. The maximum absolute atomic E-state index is 5.76. The lowest BCUT2D eigenvalue weighted by molar-refractivity contribution is 0.304. The molecular formula is C15H17NO. The van der Waals surface area contributed by atoms with Gasteiger partial charge in [0.2, 0.25) is 0 Å². The van der Waals surface area contributed by atoms with Crippen molar-refractivity contribution in [3.8, 4) is 5.75 Å². The van der Waals surface area contributed by atoms with Crippen LogP contribution in [0.15, 0.2) is 42.5 Å². The number of rotatable bonds is 3. The van der Waals surface area contributed by atoms with Crippen molar-refractivity contribution in [3.05, 3.63) is 59.2 Å². The van der Waals surface area contributed by atoms with Crippen molar-refractivity contribution in [2.24, 2.45) is 0 Å². The van der Waals surface area contributed by atoms with Crippen molar-refractivity contribution >= 4 is 5.69 Å². The number of nitrogens with two attached hydrogens (primary N) is 1. The zero-order valence-electron chi connectivity index (χ0n) is 10.2. The summed E-state index contributed by atoms with van der Waals surface area (Å²) in [5, 5.41) is 0. The molecule has 0 bridgehead atoms. The first-order chi connectivity index (χ1) is 8.15. The van der Waals surface area contributed by atoms with Gasteiger partial charge in [0.05, 0.1) is 0 Å². The highest BCUT2D eigenvalue weighted by molar-refractivity contribution is 5.47. The van der Waals surface area contributed by atoms with E-state index in [1.165, 1.54) is 11.1 Å². The lowest BCUT2D eigenvalue weighted by atomic mass is 10.1. The maximum atomic E-state index is 5.76. The molecule has 0 saturated heterocycles. The molecule has 0 spiro atoms. The van der Waals surface area contributed by atoms with Gasteiger partial charge in [-0.05, 0) is 43.2 Å². The summed E-state index contributed by atoms with van der Waals surface area (Å²) in [6.45, 7) is 4.67. The largest absolute Gasteiger partial charge is 0.489 e. The lowest BCUT2D eigenvalue weighted by Gasteiger charge is -2.09. The van der Waals surface area contributed by atoms with Crippen molar-refractivity contribution in [3.63, 3.8) is 0 Å². The molecule has 0 unspecified atom stereocenters. The summed E-state index contributed by atoms with van der Waals surface area (Å²) in [6, 6.07) is 14.0. The Bertz CT molecular complexity index is 503. The standard InChI is InChI=1S/C15H17NO/c1-11-3-5-13(6-4-11)10-17-15-8-7-14(16)9-12(15)2/h3-9H,10,16H2,1-2H3. The highest BCUT2D eigenvalue weighted by Crippen LogP contribution is 2.21. The highest BCUT2D eigenvalue weighted by Gasteiger charge is 2.00. The Kier molecular flexibility index (Phi) is 3.33. The molecule has 17 heavy (non-hydrogen) atoms. The molecule has 0 radical (unpaired) electrons. The molecule has 0 aliphatic rings. The van der Waals surface area contributed by atoms with Gasteiger partial charge in [-0.25, -0.2) is 0 Å². The van der Waals surface area contributed by atoms with Crippen LogP contribution in [0.2, 0.25) is 0 Å². The van der Waals surface area contributed by atoms with Gasteiger partial charge in [-0.2, -0.15) is 0 Å². The molecular weight excluding hydrogens is 210 g/mol. The number of aryl methyl sites for hydroxylation is 2. The van der Waals surface area contributed by atoms with Gasteiger partial charge in [-0.3, -0.25) is 0 Å². The minimum atomic E-state index is 0.588. The van der Waals surface area contributed by atoms with Crippen LogP contribution in [0.4, 0.5) is 5.69 Å². The van der Waals surface area contributed by atoms with E-state index in [-0.39, 0.29) is 0 Å². The normalized spacial score (nSPS) is 10.2. The summed E-state index contributed by atoms with van der Waals surface area (Å²) < 4.78 is 5.76. The Morgan fingerprint density at radius 2 is 1.71 bits per heavy atom. The quantitative estimate of drug-likeness (QED) is 0.815. The van der Waals surface area contributed by atoms with Crippen LogP contribution in [0.25, 0.3) is 0 Å². The van der Waals surface area contributed by atoms with E-state index in [1.54, 1.807) is 0 Å². The molecule has 0 aliphatic heterocycles. The Labute approximate surface area is 102 Å². The summed E-state index contributed by atoms with van der Waals surface area (Å²) in [5.41, 5.74) is 9.97. The number of anilines is 1. The SMILES string of the molecule is Cc1ccc(COc2ccc(N)cc2C)cc1. The Morgan fingerprint density at radius 3 is 2.35 bits per heavy atom. The van der Waals surface area contributed by atoms with E-state index < -0.39 is 0 Å². The lowest BCUT2D eigenvalue weighted by Crippen LogP contribution is -1.97. The molecule has 2 heteroatoms. The van der Waals surface area contributed by atoms with Crippen LogP contribution in [0.1, 0.15) is 16.7 Å². The number of hydrogen-bond acceptors (Lipinski definition) is 2. The van der Waals surface area contributed by atoms with Gasteiger partial charge >= 0.3 is 0 Å². The molecule has 0 fully saturated rings.